The average molecular weight is 222 g/mol. The number of hydrogen-bond donors (Lipinski definition) is 0. The van der Waals surface area contributed by atoms with Gasteiger partial charge in [-0.05, 0) is 6.07 Å². The third-order valence-corrected chi connectivity index (χ3v) is 1.82. The first kappa shape index (κ1) is 11.5. The van der Waals surface area contributed by atoms with Crippen molar-refractivity contribution in [3.05, 3.63) is 17.5 Å². The molecular weight excluding hydrogens is 213 g/mol. The fourth-order valence-corrected chi connectivity index (χ4v) is 1.03. The van der Waals surface area contributed by atoms with E-state index in [-0.39, 0.29) is 12.1 Å². The van der Waals surface area contributed by atoms with Crippen LogP contribution in [0.25, 0.3) is 0 Å². The fourth-order valence-electron chi connectivity index (χ4n) is 1.03. The van der Waals surface area contributed by atoms with Crippen LogP contribution in [0.1, 0.15) is 11.4 Å². The molecule has 84 valence electrons. The summed E-state index contributed by atoms with van der Waals surface area (Å²) in [6.07, 6.45) is -4.72. The maximum absolute atomic E-state index is 12.2. The normalized spacial score (nSPS) is 11.5. The number of nitrogens with zero attached hydrogens (tertiary/aromatic N) is 2. The van der Waals surface area contributed by atoms with E-state index in [2.05, 4.69) is 9.84 Å². The summed E-state index contributed by atoms with van der Waals surface area (Å²) in [5.74, 6) is -0.605. The smallest absolute Gasteiger partial charge is 0.435 e. The summed E-state index contributed by atoms with van der Waals surface area (Å²) in [6, 6.07) is 0.830. The molecule has 1 aromatic heterocycles. The summed E-state index contributed by atoms with van der Waals surface area (Å²) >= 11 is 0. The highest BCUT2D eigenvalue weighted by molar-refractivity contribution is 5.71. The predicted molar refractivity (Wildman–Crippen MR) is 43.9 cm³/mol. The van der Waals surface area contributed by atoms with E-state index >= 15 is 0 Å². The van der Waals surface area contributed by atoms with E-state index in [1.807, 2.05) is 0 Å². The largest absolute Gasteiger partial charge is 0.469 e. The molecule has 0 atom stereocenters. The van der Waals surface area contributed by atoms with Gasteiger partial charge in [0.2, 0.25) is 0 Å². The number of rotatable bonds is 2. The maximum Gasteiger partial charge on any atom is 0.435 e. The molecule has 0 aliphatic carbocycles. The predicted octanol–water partition coefficient (Wildman–Crippen LogP) is 1.15. The number of alkyl halides is 3. The first-order valence-electron chi connectivity index (χ1n) is 4.01. The average Bonchev–Trinajstić information content (AvgIpc) is 2.47. The van der Waals surface area contributed by atoms with Crippen LogP contribution >= 0.6 is 0 Å². The second kappa shape index (κ2) is 3.92. The van der Waals surface area contributed by atoms with Crippen molar-refractivity contribution in [3.63, 3.8) is 0 Å². The van der Waals surface area contributed by atoms with Gasteiger partial charge < -0.3 is 4.74 Å². The Morgan fingerprint density at radius 2 is 2.20 bits per heavy atom. The maximum atomic E-state index is 12.2. The van der Waals surface area contributed by atoms with E-state index in [0.717, 1.165) is 10.7 Å². The van der Waals surface area contributed by atoms with E-state index in [9.17, 15) is 18.0 Å². The SMILES string of the molecule is COC(=O)Cc1cc(C(F)(F)F)nn1C. The number of carbonyl (C=O) groups is 1. The zero-order valence-corrected chi connectivity index (χ0v) is 8.13. The van der Waals surface area contributed by atoms with Crippen LogP contribution in [0.4, 0.5) is 13.2 Å². The summed E-state index contributed by atoms with van der Waals surface area (Å²) in [7, 11) is 2.51. The van der Waals surface area contributed by atoms with Crippen molar-refractivity contribution < 1.29 is 22.7 Å². The Hall–Kier alpha value is -1.53. The number of hydrogen-bond acceptors (Lipinski definition) is 3. The molecule has 0 unspecified atom stereocenters. The third-order valence-electron chi connectivity index (χ3n) is 1.82. The van der Waals surface area contributed by atoms with Crippen LogP contribution in [0, 0.1) is 0 Å². The molecule has 7 heteroatoms. The van der Waals surface area contributed by atoms with E-state index in [1.54, 1.807) is 0 Å². The van der Waals surface area contributed by atoms with Crippen LogP contribution in [0.15, 0.2) is 6.07 Å². The summed E-state index contributed by atoms with van der Waals surface area (Å²) in [5.41, 5.74) is -0.849. The van der Waals surface area contributed by atoms with Gasteiger partial charge in [0, 0.05) is 12.7 Å². The van der Waals surface area contributed by atoms with E-state index < -0.39 is 17.8 Å². The Balaban J connectivity index is 2.92. The molecule has 0 aliphatic rings. The molecule has 0 amide bonds. The minimum Gasteiger partial charge on any atom is -0.469 e. The van der Waals surface area contributed by atoms with Gasteiger partial charge in [0.05, 0.1) is 13.5 Å². The minimum atomic E-state index is -4.49. The van der Waals surface area contributed by atoms with Crippen LogP contribution < -0.4 is 0 Å². The Morgan fingerprint density at radius 3 is 2.60 bits per heavy atom. The van der Waals surface area contributed by atoms with Gasteiger partial charge in [-0.15, -0.1) is 0 Å². The molecule has 0 spiro atoms. The molecule has 4 nitrogen and oxygen atoms in total. The summed E-state index contributed by atoms with van der Waals surface area (Å²) in [6.45, 7) is 0. The fraction of sp³-hybridized carbons (Fsp3) is 0.500. The van der Waals surface area contributed by atoms with E-state index in [1.165, 1.54) is 14.2 Å². The van der Waals surface area contributed by atoms with Crippen LogP contribution in [0.3, 0.4) is 0 Å². The molecule has 1 heterocycles. The highest BCUT2D eigenvalue weighted by Crippen LogP contribution is 2.28. The Kier molecular flexibility index (Phi) is 3.01. The standard InChI is InChI=1S/C8H9F3N2O2/c1-13-5(4-7(14)15-2)3-6(12-13)8(9,10)11/h3H,4H2,1-2H3. The van der Waals surface area contributed by atoms with Gasteiger partial charge in [-0.1, -0.05) is 0 Å². The summed E-state index contributed by atoms with van der Waals surface area (Å²) in [4.78, 5) is 10.8. The number of ether oxygens (including phenoxy) is 1. The Labute approximate surface area is 83.6 Å². The lowest BCUT2D eigenvalue weighted by Gasteiger charge is -1.99. The lowest BCUT2D eigenvalue weighted by Crippen LogP contribution is -2.08. The summed E-state index contributed by atoms with van der Waals surface area (Å²) < 4.78 is 42.0. The van der Waals surface area contributed by atoms with Gasteiger partial charge >= 0.3 is 12.1 Å². The number of carbonyl (C=O) groups excluding carboxylic acids is 1. The quantitative estimate of drug-likeness (QED) is 0.705. The Morgan fingerprint density at radius 1 is 1.60 bits per heavy atom. The monoisotopic (exact) mass is 222 g/mol. The zero-order valence-electron chi connectivity index (χ0n) is 8.13. The number of aryl methyl sites for hydroxylation is 1. The molecule has 15 heavy (non-hydrogen) atoms. The molecule has 1 rings (SSSR count). The molecule has 1 aromatic rings. The van der Waals surface area contributed by atoms with Crippen molar-refractivity contribution in [2.75, 3.05) is 7.11 Å². The van der Waals surface area contributed by atoms with Crippen molar-refractivity contribution >= 4 is 5.97 Å². The van der Waals surface area contributed by atoms with Gasteiger partial charge in [-0.25, -0.2) is 0 Å². The van der Waals surface area contributed by atoms with E-state index in [0.29, 0.717) is 0 Å². The first-order chi connectivity index (χ1) is 6.84. The molecule has 0 aliphatic heterocycles. The molecule has 0 bridgehead atoms. The number of esters is 1. The van der Waals surface area contributed by atoms with Crippen molar-refractivity contribution in [3.8, 4) is 0 Å². The van der Waals surface area contributed by atoms with Crippen molar-refractivity contribution in [2.45, 2.75) is 12.6 Å². The van der Waals surface area contributed by atoms with Crippen molar-refractivity contribution in [1.82, 2.24) is 9.78 Å². The lowest BCUT2D eigenvalue weighted by atomic mass is 10.3. The second-order valence-electron chi connectivity index (χ2n) is 2.90. The molecule has 0 fully saturated rings. The number of methoxy groups -OCH3 is 1. The van der Waals surface area contributed by atoms with Crippen LogP contribution in [-0.2, 0) is 29.2 Å². The number of halogens is 3. The molecule has 0 aromatic carbocycles. The molecular formula is C8H9F3N2O2. The summed E-state index contributed by atoms with van der Waals surface area (Å²) in [5, 5.41) is 3.25. The van der Waals surface area contributed by atoms with Gasteiger partial charge in [0.15, 0.2) is 5.69 Å². The highest BCUT2D eigenvalue weighted by atomic mass is 19.4. The molecule has 0 radical (unpaired) electrons. The molecule has 0 N–H and O–H groups in total. The molecule has 0 saturated heterocycles. The van der Waals surface area contributed by atoms with Gasteiger partial charge in [-0.3, -0.25) is 9.48 Å². The minimum absolute atomic E-state index is 0.161. The third kappa shape index (κ3) is 2.71. The molecule has 0 saturated carbocycles. The topological polar surface area (TPSA) is 44.1 Å². The first-order valence-corrected chi connectivity index (χ1v) is 4.01. The lowest BCUT2D eigenvalue weighted by molar-refractivity contribution is -0.142. The van der Waals surface area contributed by atoms with Gasteiger partial charge in [-0.2, -0.15) is 18.3 Å². The van der Waals surface area contributed by atoms with Gasteiger partial charge in [0.25, 0.3) is 0 Å². The van der Waals surface area contributed by atoms with E-state index in [4.69, 9.17) is 0 Å². The van der Waals surface area contributed by atoms with Crippen LogP contribution in [0.5, 0.6) is 0 Å². The van der Waals surface area contributed by atoms with Crippen molar-refractivity contribution in [2.24, 2.45) is 7.05 Å². The zero-order chi connectivity index (χ0) is 11.6. The second-order valence-corrected chi connectivity index (χ2v) is 2.90. The van der Waals surface area contributed by atoms with Gasteiger partial charge in [0.1, 0.15) is 0 Å². The Bertz CT molecular complexity index is 370. The van der Waals surface area contributed by atoms with Crippen LogP contribution in [0.2, 0.25) is 0 Å². The number of aromatic nitrogens is 2. The highest BCUT2D eigenvalue weighted by Gasteiger charge is 2.34. The van der Waals surface area contributed by atoms with Crippen molar-refractivity contribution in [1.29, 1.82) is 0 Å². The van der Waals surface area contributed by atoms with Crippen LogP contribution in [-0.4, -0.2) is 22.9 Å².